The van der Waals surface area contributed by atoms with Crippen LogP contribution in [-0.4, -0.2) is 64.9 Å². The van der Waals surface area contributed by atoms with Gasteiger partial charge in [0.1, 0.15) is 5.75 Å². The van der Waals surface area contributed by atoms with E-state index in [9.17, 15) is 4.79 Å². The number of carboxylic acid groups (broad SMARTS) is 1. The van der Waals surface area contributed by atoms with Crippen LogP contribution in [0.3, 0.4) is 0 Å². The largest absolute Gasteiger partial charge is 0.494 e. The van der Waals surface area contributed by atoms with Gasteiger partial charge >= 0.3 is 5.97 Å². The number of benzene rings is 1. The molecular formula is C17H22N4O3. The van der Waals surface area contributed by atoms with Crippen LogP contribution in [0.25, 0.3) is 5.69 Å². The lowest BCUT2D eigenvalue weighted by Gasteiger charge is -2.34. The molecule has 0 radical (unpaired) electrons. The van der Waals surface area contributed by atoms with E-state index >= 15 is 0 Å². The first kappa shape index (κ1) is 16.3. The van der Waals surface area contributed by atoms with Crippen molar-refractivity contribution >= 4 is 11.9 Å². The van der Waals surface area contributed by atoms with Crippen LogP contribution in [0.5, 0.6) is 5.75 Å². The van der Waals surface area contributed by atoms with Crippen LogP contribution >= 0.6 is 0 Å². The van der Waals surface area contributed by atoms with Gasteiger partial charge in [0, 0.05) is 44.6 Å². The van der Waals surface area contributed by atoms with Crippen LogP contribution in [-0.2, 0) is 4.79 Å². The fourth-order valence-electron chi connectivity index (χ4n) is 2.92. The summed E-state index contributed by atoms with van der Waals surface area (Å²) < 4.78 is 7.61. The van der Waals surface area contributed by atoms with Crippen LogP contribution in [0.1, 0.15) is 6.92 Å². The monoisotopic (exact) mass is 330 g/mol. The van der Waals surface area contributed by atoms with E-state index in [0.29, 0.717) is 6.61 Å². The maximum absolute atomic E-state index is 10.8. The summed E-state index contributed by atoms with van der Waals surface area (Å²) in [6.45, 7) is 5.65. The van der Waals surface area contributed by atoms with E-state index in [1.165, 1.54) is 0 Å². The van der Waals surface area contributed by atoms with Gasteiger partial charge in [-0.25, -0.2) is 4.98 Å². The third-order valence-electron chi connectivity index (χ3n) is 4.04. The number of nitrogens with zero attached hydrogens (tertiary/aromatic N) is 4. The minimum absolute atomic E-state index is 0.0959. The third kappa shape index (κ3) is 3.68. The van der Waals surface area contributed by atoms with Gasteiger partial charge < -0.3 is 14.7 Å². The van der Waals surface area contributed by atoms with E-state index in [-0.39, 0.29) is 6.54 Å². The fourth-order valence-corrected chi connectivity index (χ4v) is 2.92. The van der Waals surface area contributed by atoms with E-state index in [1.54, 1.807) is 6.20 Å². The minimum atomic E-state index is -0.780. The number of imidazole rings is 1. The topological polar surface area (TPSA) is 70.8 Å². The molecule has 0 aliphatic carbocycles. The Hall–Kier alpha value is -2.54. The van der Waals surface area contributed by atoms with Crippen molar-refractivity contribution in [3.05, 3.63) is 36.7 Å². The molecule has 0 amide bonds. The summed E-state index contributed by atoms with van der Waals surface area (Å²) in [5.41, 5.74) is 1.00. The SMILES string of the molecule is CCOc1cccc(-n2ccnc2N2CCN(CC(=O)O)CC2)c1. The Morgan fingerprint density at radius 3 is 2.79 bits per heavy atom. The molecule has 0 bridgehead atoms. The zero-order valence-corrected chi connectivity index (χ0v) is 13.8. The molecule has 7 heteroatoms. The lowest BCUT2D eigenvalue weighted by molar-refractivity contribution is -0.138. The van der Waals surface area contributed by atoms with E-state index in [4.69, 9.17) is 9.84 Å². The van der Waals surface area contributed by atoms with E-state index in [0.717, 1.165) is 43.6 Å². The molecule has 128 valence electrons. The molecule has 0 saturated carbocycles. The minimum Gasteiger partial charge on any atom is -0.494 e. The maximum Gasteiger partial charge on any atom is 0.317 e. The van der Waals surface area contributed by atoms with Gasteiger partial charge in [-0.1, -0.05) is 6.07 Å². The number of rotatable bonds is 6. The zero-order valence-electron chi connectivity index (χ0n) is 13.8. The Morgan fingerprint density at radius 1 is 1.29 bits per heavy atom. The molecule has 1 N–H and O–H groups in total. The Kier molecular flexibility index (Phi) is 5.00. The van der Waals surface area contributed by atoms with Crippen molar-refractivity contribution in [2.75, 3.05) is 44.2 Å². The Labute approximate surface area is 141 Å². The Morgan fingerprint density at radius 2 is 2.08 bits per heavy atom. The van der Waals surface area contributed by atoms with Crippen molar-refractivity contribution in [3.63, 3.8) is 0 Å². The maximum atomic E-state index is 10.8. The highest BCUT2D eigenvalue weighted by Gasteiger charge is 2.22. The number of aromatic nitrogens is 2. The van der Waals surface area contributed by atoms with Gasteiger partial charge in [-0.3, -0.25) is 14.3 Å². The van der Waals surface area contributed by atoms with Gasteiger partial charge in [-0.2, -0.15) is 0 Å². The molecule has 0 spiro atoms. The fraction of sp³-hybridized carbons (Fsp3) is 0.412. The number of carbonyl (C=O) groups is 1. The number of hydrogen-bond donors (Lipinski definition) is 1. The van der Waals surface area contributed by atoms with Crippen LogP contribution < -0.4 is 9.64 Å². The van der Waals surface area contributed by atoms with Gasteiger partial charge in [-0.05, 0) is 19.1 Å². The van der Waals surface area contributed by atoms with E-state index in [1.807, 2.05) is 46.9 Å². The number of hydrogen-bond acceptors (Lipinski definition) is 5. The highest BCUT2D eigenvalue weighted by atomic mass is 16.5. The van der Waals surface area contributed by atoms with Crippen molar-refractivity contribution in [1.29, 1.82) is 0 Å². The molecule has 1 fully saturated rings. The Balaban J connectivity index is 1.74. The van der Waals surface area contributed by atoms with Crippen molar-refractivity contribution in [2.45, 2.75) is 6.92 Å². The predicted molar refractivity (Wildman–Crippen MR) is 91.0 cm³/mol. The van der Waals surface area contributed by atoms with Gasteiger partial charge in [0.05, 0.1) is 18.8 Å². The molecule has 0 unspecified atom stereocenters. The number of piperazine rings is 1. The zero-order chi connectivity index (χ0) is 16.9. The van der Waals surface area contributed by atoms with Gasteiger partial charge in [0.2, 0.25) is 5.95 Å². The van der Waals surface area contributed by atoms with Crippen LogP contribution in [0.2, 0.25) is 0 Å². The quantitative estimate of drug-likeness (QED) is 0.865. The predicted octanol–water partition coefficient (Wildman–Crippen LogP) is 1.48. The summed E-state index contributed by atoms with van der Waals surface area (Å²) in [6, 6.07) is 7.92. The van der Waals surface area contributed by atoms with Crippen molar-refractivity contribution in [1.82, 2.24) is 14.5 Å². The van der Waals surface area contributed by atoms with E-state index < -0.39 is 5.97 Å². The normalized spacial score (nSPS) is 15.5. The smallest absolute Gasteiger partial charge is 0.317 e. The van der Waals surface area contributed by atoms with Crippen LogP contribution in [0.15, 0.2) is 36.7 Å². The molecule has 1 aromatic carbocycles. The number of ether oxygens (including phenoxy) is 1. The molecule has 2 aromatic rings. The first-order chi connectivity index (χ1) is 11.7. The summed E-state index contributed by atoms with van der Waals surface area (Å²) in [4.78, 5) is 19.4. The number of aliphatic carboxylic acids is 1. The van der Waals surface area contributed by atoms with Gasteiger partial charge in [0.15, 0.2) is 0 Å². The molecule has 0 atom stereocenters. The molecule has 1 aromatic heterocycles. The highest BCUT2D eigenvalue weighted by molar-refractivity contribution is 5.69. The van der Waals surface area contributed by atoms with E-state index in [2.05, 4.69) is 9.88 Å². The molecule has 7 nitrogen and oxygen atoms in total. The molecule has 1 aliphatic heterocycles. The number of carboxylic acids is 1. The molecule has 1 saturated heterocycles. The molecule has 2 heterocycles. The average molecular weight is 330 g/mol. The summed E-state index contributed by atoms with van der Waals surface area (Å²) in [5, 5.41) is 8.89. The first-order valence-corrected chi connectivity index (χ1v) is 8.13. The summed E-state index contributed by atoms with van der Waals surface area (Å²) in [5.74, 6) is 0.928. The summed E-state index contributed by atoms with van der Waals surface area (Å²) in [6.07, 6.45) is 3.72. The highest BCUT2D eigenvalue weighted by Crippen LogP contribution is 2.23. The number of anilines is 1. The second-order valence-corrected chi connectivity index (χ2v) is 5.68. The summed E-state index contributed by atoms with van der Waals surface area (Å²) >= 11 is 0. The second kappa shape index (κ2) is 7.35. The van der Waals surface area contributed by atoms with Crippen molar-refractivity contribution in [2.24, 2.45) is 0 Å². The molecule has 1 aliphatic rings. The van der Waals surface area contributed by atoms with Crippen LogP contribution in [0, 0.1) is 0 Å². The standard InChI is InChI=1S/C17H22N4O3/c1-2-24-15-5-3-4-14(12-15)21-7-6-18-17(21)20-10-8-19(9-11-20)13-16(22)23/h3-7,12H,2,8-11,13H2,1H3,(H,22,23). The molecular weight excluding hydrogens is 308 g/mol. The lowest BCUT2D eigenvalue weighted by Crippen LogP contribution is -2.48. The van der Waals surface area contributed by atoms with Crippen molar-refractivity contribution < 1.29 is 14.6 Å². The van der Waals surface area contributed by atoms with Crippen LogP contribution in [0.4, 0.5) is 5.95 Å². The lowest BCUT2D eigenvalue weighted by atomic mass is 10.3. The first-order valence-electron chi connectivity index (χ1n) is 8.13. The second-order valence-electron chi connectivity index (χ2n) is 5.68. The van der Waals surface area contributed by atoms with Crippen molar-refractivity contribution in [3.8, 4) is 11.4 Å². The third-order valence-corrected chi connectivity index (χ3v) is 4.04. The average Bonchev–Trinajstić information content (AvgIpc) is 3.05. The van der Waals surface area contributed by atoms with Gasteiger partial charge in [0.25, 0.3) is 0 Å². The Bertz CT molecular complexity index is 693. The summed E-state index contributed by atoms with van der Waals surface area (Å²) in [7, 11) is 0. The molecule has 3 rings (SSSR count). The molecule has 24 heavy (non-hydrogen) atoms. The van der Waals surface area contributed by atoms with Gasteiger partial charge in [-0.15, -0.1) is 0 Å².